The molecular formula is C11H16F3N3. The maximum atomic E-state index is 12.4. The first-order valence-corrected chi connectivity index (χ1v) is 5.35. The van der Waals surface area contributed by atoms with Crippen molar-refractivity contribution >= 4 is 5.82 Å². The molecule has 2 atom stereocenters. The van der Waals surface area contributed by atoms with Gasteiger partial charge in [0.05, 0.1) is 0 Å². The molecule has 1 rings (SSSR count). The molecule has 0 bridgehead atoms. The van der Waals surface area contributed by atoms with Crippen LogP contribution >= 0.6 is 0 Å². The average Bonchev–Trinajstić information content (AvgIpc) is 2.15. The van der Waals surface area contributed by atoms with Crippen LogP contribution < -0.4 is 11.1 Å². The first-order chi connectivity index (χ1) is 7.79. The van der Waals surface area contributed by atoms with Gasteiger partial charge in [-0.1, -0.05) is 6.07 Å². The summed E-state index contributed by atoms with van der Waals surface area (Å²) < 4.78 is 37.2. The number of nitrogens with zero attached hydrogens (tertiary/aromatic N) is 1. The molecule has 0 aromatic carbocycles. The summed E-state index contributed by atoms with van der Waals surface area (Å²) in [7, 11) is 0. The predicted octanol–water partition coefficient (Wildman–Crippen LogP) is 2.64. The highest BCUT2D eigenvalue weighted by Crippen LogP contribution is 2.28. The molecule has 1 aromatic rings. The second-order valence-electron chi connectivity index (χ2n) is 4.16. The molecule has 0 aliphatic heterocycles. The lowest BCUT2D eigenvalue weighted by atomic mass is 10.1. The zero-order chi connectivity index (χ0) is 13.1. The van der Waals surface area contributed by atoms with Gasteiger partial charge in [0.1, 0.15) is 11.5 Å². The summed E-state index contributed by atoms with van der Waals surface area (Å²) in [6.45, 7) is 3.70. The van der Waals surface area contributed by atoms with E-state index in [1.807, 2.05) is 13.8 Å². The number of hydrogen-bond donors (Lipinski definition) is 2. The zero-order valence-electron chi connectivity index (χ0n) is 9.75. The molecule has 3 N–H and O–H groups in total. The first kappa shape index (κ1) is 13.8. The fourth-order valence-corrected chi connectivity index (χ4v) is 1.54. The van der Waals surface area contributed by atoms with Crippen molar-refractivity contribution in [2.45, 2.75) is 38.5 Å². The lowest BCUT2D eigenvalue weighted by Gasteiger charge is -2.17. The van der Waals surface area contributed by atoms with E-state index in [1.165, 1.54) is 12.1 Å². The van der Waals surface area contributed by atoms with Crippen molar-refractivity contribution in [1.29, 1.82) is 0 Å². The van der Waals surface area contributed by atoms with Crippen molar-refractivity contribution in [2.24, 2.45) is 5.73 Å². The fraction of sp³-hybridized carbons (Fsp3) is 0.545. The van der Waals surface area contributed by atoms with Gasteiger partial charge in [0.2, 0.25) is 0 Å². The van der Waals surface area contributed by atoms with E-state index < -0.39 is 11.9 Å². The molecule has 2 unspecified atom stereocenters. The van der Waals surface area contributed by atoms with E-state index in [-0.39, 0.29) is 17.9 Å². The second-order valence-corrected chi connectivity index (χ2v) is 4.16. The van der Waals surface area contributed by atoms with E-state index in [9.17, 15) is 13.2 Å². The average molecular weight is 247 g/mol. The Labute approximate surface area is 98.2 Å². The Balaban J connectivity index is 2.72. The molecular weight excluding hydrogens is 231 g/mol. The third kappa shape index (κ3) is 4.60. The summed E-state index contributed by atoms with van der Waals surface area (Å²) in [4.78, 5) is 3.51. The van der Waals surface area contributed by atoms with Crippen LogP contribution in [0.1, 0.15) is 26.0 Å². The van der Waals surface area contributed by atoms with Gasteiger partial charge in [-0.15, -0.1) is 0 Å². The molecule has 1 aromatic heterocycles. The number of nitrogens with one attached hydrogen (secondary N) is 1. The Kier molecular flexibility index (Phi) is 4.34. The summed E-state index contributed by atoms with van der Waals surface area (Å²) in [6, 6.07) is 3.75. The van der Waals surface area contributed by atoms with Gasteiger partial charge in [-0.2, -0.15) is 13.2 Å². The number of halogens is 3. The van der Waals surface area contributed by atoms with Gasteiger partial charge < -0.3 is 11.1 Å². The molecule has 6 heteroatoms. The van der Waals surface area contributed by atoms with Gasteiger partial charge >= 0.3 is 6.18 Å². The van der Waals surface area contributed by atoms with Crippen molar-refractivity contribution in [1.82, 2.24) is 4.98 Å². The summed E-state index contributed by atoms with van der Waals surface area (Å²) in [6.07, 6.45) is -3.75. The molecule has 0 aliphatic carbocycles. The zero-order valence-corrected chi connectivity index (χ0v) is 9.75. The van der Waals surface area contributed by atoms with Crippen LogP contribution in [-0.4, -0.2) is 17.1 Å². The first-order valence-electron chi connectivity index (χ1n) is 5.35. The lowest BCUT2D eigenvalue weighted by Crippen LogP contribution is -2.26. The van der Waals surface area contributed by atoms with Crippen LogP contribution in [0.25, 0.3) is 0 Å². The molecule has 3 nitrogen and oxygen atoms in total. The molecule has 0 aliphatic rings. The highest BCUT2D eigenvalue weighted by atomic mass is 19.4. The number of nitrogens with two attached hydrogens (primary N) is 1. The molecule has 0 saturated carbocycles. The van der Waals surface area contributed by atoms with Gasteiger partial charge in [-0.05, 0) is 32.4 Å². The fourth-order valence-electron chi connectivity index (χ4n) is 1.54. The normalized spacial score (nSPS) is 15.4. The Morgan fingerprint density at radius 3 is 2.53 bits per heavy atom. The summed E-state index contributed by atoms with van der Waals surface area (Å²) in [5, 5.41) is 2.89. The van der Waals surface area contributed by atoms with Crippen molar-refractivity contribution in [3.8, 4) is 0 Å². The van der Waals surface area contributed by atoms with E-state index in [0.29, 0.717) is 6.42 Å². The van der Waals surface area contributed by atoms with Gasteiger partial charge in [0.25, 0.3) is 0 Å². The van der Waals surface area contributed by atoms with Crippen LogP contribution in [0, 0.1) is 0 Å². The van der Waals surface area contributed by atoms with Gasteiger partial charge in [0, 0.05) is 12.1 Å². The van der Waals surface area contributed by atoms with Gasteiger partial charge in [0.15, 0.2) is 0 Å². The molecule has 0 saturated heterocycles. The van der Waals surface area contributed by atoms with Crippen LogP contribution in [0.3, 0.4) is 0 Å². The topological polar surface area (TPSA) is 50.9 Å². The number of hydrogen-bond acceptors (Lipinski definition) is 3. The van der Waals surface area contributed by atoms with Crippen LogP contribution in [-0.2, 0) is 6.18 Å². The highest BCUT2D eigenvalue weighted by molar-refractivity contribution is 5.36. The summed E-state index contributed by atoms with van der Waals surface area (Å²) >= 11 is 0. The van der Waals surface area contributed by atoms with Crippen LogP contribution in [0.2, 0.25) is 0 Å². The standard InChI is InChI=1S/C11H16F3N3/c1-7(15)6-8(2)16-10-5-3-4-9(17-10)11(12,13)14/h3-5,7-8H,6,15H2,1-2H3,(H,16,17). The van der Waals surface area contributed by atoms with E-state index in [1.54, 1.807) is 0 Å². The molecule has 0 fully saturated rings. The number of rotatable bonds is 4. The summed E-state index contributed by atoms with van der Waals surface area (Å²) in [5.74, 6) is 0.216. The van der Waals surface area contributed by atoms with Crippen LogP contribution in [0.4, 0.5) is 19.0 Å². The number of aromatic nitrogens is 1. The van der Waals surface area contributed by atoms with E-state index >= 15 is 0 Å². The number of alkyl halides is 3. The van der Waals surface area contributed by atoms with Crippen molar-refractivity contribution < 1.29 is 13.2 Å². The molecule has 1 heterocycles. The van der Waals surface area contributed by atoms with Gasteiger partial charge in [-0.25, -0.2) is 4.98 Å². The Hall–Kier alpha value is -1.30. The Bertz CT molecular complexity index is 363. The molecule has 0 amide bonds. The van der Waals surface area contributed by atoms with E-state index in [4.69, 9.17) is 5.73 Å². The molecule has 0 radical (unpaired) electrons. The summed E-state index contributed by atoms with van der Waals surface area (Å²) in [5.41, 5.74) is 4.71. The smallest absolute Gasteiger partial charge is 0.368 e. The third-order valence-electron chi connectivity index (χ3n) is 2.16. The maximum absolute atomic E-state index is 12.4. The lowest BCUT2D eigenvalue weighted by molar-refractivity contribution is -0.141. The van der Waals surface area contributed by atoms with Crippen LogP contribution in [0.15, 0.2) is 18.2 Å². The second kappa shape index (κ2) is 5.35. The highest BCUT2D eigenvalue weighted by Gasteiger charge is 2.32. The SMILES string of the molecule is CC(N)CC(C)Nc1cccc(C(F)(F)F)n1. The monoisotopic (exact) mass is 247 g/mol. The maximum Gasteiger partial charge on any atom is 0.433 e. The van der Waals surface area contributed by atoms with E-state index in [2.05, 4.69) is 10.3 Å². The number of pyridine rings is 1. The van der Waals surface area contributed by atoms with E-state index in [0.717, 1.165) is 6.07 Å². The van der Waals surface area contributed by atoms with Crippen molar-refractivity contribution in [3.05, 3.63) is 23.9 Å². The molecule has 96 valence electrons. The minimum atomic E-state index is -4.41. The minimum Gasteiger partial charge on any atom is -0.368 e. The number of anilines is 1. The third-order valence-corrected chi connectivity index (χ3v) is 2.16. The van der Waals surface area contributed by atoms with Crippen LogP contribution in [0.5, 0.6) is 0 Å². The molecule has 17 heavy (non-hydrogen) atoms. The Morgan fingerprint density at radius 1 is 1.35 bits per heavy atom. The van der Waals surface area contributed by atoms with Crippen molar-refractivity contribution in [2.75, 3.05) is 5.32 Å². The largest absolute Gasteiger partial charge is 0.433 e. The van der Waals surface area contributed by atoms with Gasteiger partial charge in [-0.3, -0.25) is 0 Å². The van der Waals surface area contributed by atoms with Crippen molar-refractivity contribution in [3.63, 3.8) is 0 Å². The quantitative estimate of drug-likeness (QED) is 0.860. The molecule has 0 spiro atoms. The predicted molar refractivity (Wildman–Crippen MR) is 60.6 cm³/mol. The minimum absolute atomic E-state index is 0.0108. The Morgan fingerprint density at radius 2 is 2.00 bits per heavy atom.